The maximum atomic E-state index is 13.7. The molecule has 0 aliphatic heterocycles. The lowest BCUT2D eigenvalue weighted by Crippen LogP contribution is -2.14. The average Bonchev–Trinajstić information content (AvgIpc) is 3.02. The minimum atomic E-state index is -0.690. The summed E-state index contributed by atoms with van der Waals surface area (Å²) in [5.41, 5.74) is -0.212. The van der Waals surface area contributed by atoms with Crippen molar-refractivity contribution in [3.8, 4) is 0 Å². The van der Waals surface area contributed by atoms with Crippen LogP contribution in [-0.2, 0) is 7.05 Å². The minimum absolute atomic E-state index is 0.102. The van der Waals surface area contributed by atoms with E-state index in [1.807, 2.05) is 7.05 Å². The maximum Gasteiger partial charge on any atom is 0.282 e. The Morgan fingerprint density at radius 3 is 2.77 bits per heavy atom. The summed E-state index contributed by atoms with van der Waals surface area (Å²) in [4.78, 5) is 27.7. The van der Waals surface area contributed by atoms with Crippen molar-refractivity contribution in [1.29, 1.82) is 0 Å². The Bertz CT molecular complexity index is 990. The molecule has 1 aromatic heterocycles. The number of para-hydroxylation sites is 1. The summed E-state index contributed by atoms with van der Waals surface area (Å²) in [6.07, 6.45) is 3.38. The number of anilines is 1. The molecule has 1 N–H and O–H groups in total. The van der Waals surface area contributed by atoms with Crippen molar-refractivity contribution in [2.24, 2.45) is 7.05 Å². The second-order valence-corrected chi connectivity index (χ2v) is 6.30. The second kappa shape index (κ2) is 7.36. The Balaban J connectivity index is 1.92. The van der Waals surface area contributed by atoms with E-state index in [1.165, 1.54) is 48.2 Å². The van der Waals surface area contributed by atoms with Crippen LogP contribution in [0.1, 0.15) is 10.4 Å². The third-order valence-corrected chi connectivity index (χ3v) is 4.67. The number of carbonyl (C=O) groups excluding carboxylic acids is 1. The number of benzene rings is 2. The van der Waals surface area contributed by atoms with Crippen LogP contribution in [-0.4, -0.2) is 20.4 Å². The van der Waals surface area contributed by atoms with Gasteiger partial charge in [-0.05, 0) is 36.0 Å². The number of aromatic nitrogens is 2. The Kier molecular flexibility index (Phi) is 4.99. The van der Waals surface area contributed by atoms with Crippen molar-refractivity contribution in [3.05, 3.63) is 76.4 Å². The molecule has 0 fully saturated rings. The van der Waals surface area contributed by atoms with Crippen LogP contribution < -0.4 is 5.32 Å². The van der Waals surface area contributed by atoms with Crippen molar-refractivity contribution < 1.29 is 14.1 Å². The van der Waals surface area contributed by atoms with Gasteiger partial charge in [-0.25, -0.2) is 9.37 Å². The van der Waals surface area contributed by atoms with Gasteiger partial charge in [-0.2, -0.15) is 0 Å². The summed E-state index contributed by atoms with van der Waals surface area (Å²) in [5, 5.41) is 14.3. The van der Waals surface area contributed by atoms with Crippen LogP contribution in [0.2, 0.25) is 0 Å². The first-order valence-electron chi connectivity index (χ1n) is 7.45. The van der Waals surface area contributed by atoms with Crippen LogP contribution in [0.25, 0.3) is 0 Å². The molecule has 9 heteroatoms. The highest BCUT2D eigenvalue weighted by atomic mass is 32.2. The molecule has 1 heterocycles. The molecule has 0 atom stereocenters. The predicted octanol–water partition coefficient (Wildman–Crippen LogP) is 3.87. The molecule has 7 nitrogen and oxygen atoms in total. The Labute approximate surface area is 152 Å². The van der Waals surface area contributed by atoms with Gasteiger partial charge in [0.15, 0.2) is 5.16 Å². The third kappa shape index (κ3) is 3.72. The van der Waals surface area contributed by atoms with Crippen LogP contribution in [0.3, 0.4) is 0 Å². The largest absolute Gasteiger partial charge is 0.329 e. The maximum absolute atomic E-state index is 13.7. The van der Waals surface area contributed by atoms with Gasteiger partial charge in [0.1, 0.15) is 11.4 Å². The number of nitro groups is 1. The molecule has 0 spiro atoms. The summed E-state index contributed by atoms with van der Waals surface area (Å²) >= 11 is 1.24. The molecular weight excluding hydrogens is 359 g/mol. The molecule has 0 unspecified atom stereocenters. The summed E-state index contributed by atoms with van der Waals surface area (Å²) in [7, 11) is 1.81. The number of amides is 1. The van der Waals surface area contributed by atoms with E-state index < -0.39 is 16.6 Å². The number of imidazole rings is 1. The van der Waals surface area contributed by atoms with Gasteiger partial charge in [0.2, 0.25) is 0 Å². The molecule has 0 aliphatic rings. The summed E-state index contributed by atoms with van der Waals surface area (Å²) in [6.45, 7) is 0. The second-order valence-electron chi connectivity index (χ2n) is 5.29. The lowest BCUT2D eigenvalue weighted by atomic mass is 10.1. The third-order valence-electron chi connectivity index (χ3n) is 3.51. The zero-order chi connectivity index (χ0) is 18.7. The van der Waals surface area contributed by atoms with Crippen LogP contribution in [0.5, 0.6) is 0 Å². The number of nitrogens with zero attached hydrogens (tertiary/aromatic N) is 3. The molecule has 0 bridgehead atoms. The molecule has 0 saturated carbocycles. The normalized spacial score (nSPS) is 10.5. The van der Waals surface area contributed by atoms with E-state index in [9.17, 15) is 19.3 Å². The highest BCUT2D eigenvalue weighted by Gasteiger charge is 2.20. The summed E-state index contributed by atoms with van der Waals surface area (Å²) < 4.78 is 15.5. The number of carbonyl (C=O) groups is 1. The van der Waals surface area contributed by atoms with Gasteiger partial charge in [-0.3, -0.25) is 14.9 Å². The molecule has 0 saturated heterocycles. The van der Waals surface area contributed by atoms with Gasteiger partial charge in [0.05, 0.1) is 10.6 Å². The lowest BCUT2D eigenvalue weighted by molar-refractivity contribution is -0.385. The predicted molar refractivity (Wildman–Crippen MR) is 94.8 cm³/mol. The lowest BCUT2D eigenvalue weighted by Gasteiger charge is -2.11. The topological polar surface area (TPSA) is 90.1 Å². The van der Waals surface area contributed by atoms with Gasteiger partial charge in [0, 0.05) is 30.4 Å². The number of halogens is 1. The number of aryl methyl sites for hydroxylation is 1. The van der Waals surface area contributed by atoms with Gasteiger partial charge in [-0.15, -0.1) is 0 Å². The van der Waals surface area contributed by atoms with Crippen LogP contribution in [0, 0.1) is 15.9 Å². The number of hydrogen-bond donors (Lipinski definition) is 1. The van der Waals surface area contributed by atoms with Crippen molar-refractivity contribution in [3.63, 3.8) is 0 Å². The van der Waals surface area contributed by atoms with E-state index in [-0.39, 0.29) is 16.9 Å². The van der Waals surface area contributed by atoms with Gasteiger partial charge < -0.3 is 9.88 Å². The zero-order valence-corrected chi connectivity index (χ0v) is 14.4. The number of nitrogens with one attached hydrogen (secondary N) is 1. The molecule has 26 heavy (non-hydrogen) atoms. The standard InChI is InChI=1S/C17H13FN4O3S/c1-21-9-8-19-17(21)26-15-7-6-11(18)10-13(15)20-16(23)12-4-2-3-5-14(12)22(24)25/h2-10H,1H3,(H,20,23). The molecule has 0 radical (unpaired) electrons. The highest BCUT2D eigenvalue weighted by molar-refractivity contribution is 7.99. The van der Waals surface area contributed by atoms with E-state index in [0.29, 0.717) is 10.1 Å². The number of nitro benzene ring substituents is 1. The van der Waals surface area contributed by atoms with Gasteiger partial charge >= 0.3 is 0 Å². The van der Waals surface area contributed by atoms with Crippen LogP contribution in [0.4, 0.5) is 15.8 Å². The van der Waals surface area contributed by atoms with Crippen molar-refractivity contribution in [2.45, 2.75) is 10.1 Å². The Hall–Kier alpha value is -3.20. The van der Waals surface area contributed by atoms with E-state index in [2.05, 4.69) is 10.3 Å². The summed E-state index contributed by atoms with van der Waals surface area (Å²) in [6, 6.07) is 9.53. The van der Waals surface area contributed by atoms with Crippen molar-refractivity contribution >= 4 is 29.0 Å². The molecular formula is C17H13FN4O3S. The molecule has 0 aliphatic carbocycles. The zero-order valence-electron chi connectivity index (χ0n) is 13.5. The van der Waals surface area contributed by atoms with Gasteiger partial charge in [0.25, 0.3) is 11.6 Å². The monoisotopic (exact) mass is 372 g/mol. The minimum Gasteiger partial charge on any atom is -0.329 e. The Morgan fingerprint density at radius 1 is 1.31 bits per heavy atom. The number of hydrogen-bond acceptors (Lipinski definition) is 5. The van der Waals surface area contributed by atoms with Crippen LogP contribution in [0.15, 0.2) is 64.9 Å². The first-order chi connectivity index (χ1) is 12.5. The average molecular weight is 372 g/mol. The van der Waals surface area contributed by atoms with E-state index >= 15 is 0 Å². The fourth-order valence-corrected chi connectivity index (χ4v) is 3.12. The molecule has 132 valence electrons. The van der Waals surface area contributed by atoms with Crippen molar-refractivity contribution in [1.82, 2.24) is 9.55 Å². The fraction of sp³-hybridized carbons (Fsp3) is 0.0588. The van der Waals surface area contributed by atoms with E-state index in [1.54, 1.807) is 17.0 Å². The first kappa shape index (κ1) is 17.6. The Morgan fingerprint density at radius 2 is 2.08 bits per heavy atom. The molecule has 3 rings (SSSR count). The quantitative estimate of drug-likeness (QED) is 0.542. The van der Waals surface area contributed by atoms with E-state index in [0.717, 1.165) is 6.07 Å². The molecule has 1 amide bonds. The molecule has 3 aromatic rings. The highest BCUT2D eigenvalue weighted by Crippen LogP contribution is 2.33. The van der Waals surface area contributed by atoms with Crippen molar-refractivity contribution in [2.75, 3.05) is 5.32 Å². The first-order valence-corrected chi connectivity index (χ1v) is 8.27. The van der Waals surface area contributed by atoms with E-state index in [4.69, 9.17) is 0 Å². The number of rotatable bonds is 5. The molecule has 2 aromatic carbocycles. The fourth-order valence-electron chi connectivity index (χ4n) is 2.25. The summed E-state index contributed by atoms with van der Waals surface area (Å²) in [5.74, 6) is -1.23. The van der Waals surface area contributed by atoms with Gasteiger partial charge in [-0.1, -0.05) is 12.1 Å². The SMILES string of the molecule is Cn1ccnc1Sc1ccc(F)cc1NC(=O)c1ccccc1[N+](=O)[O-]. The smallest absolute Gasteiger partial charge is 0.282 e. The van der Waals surface area contributed by atoms with Crippen LogP contribution >= 0.6 is 11.8 Å².